The van der Waals surface area contributed by atoms with Gasteiger partial charge < -0.3 is 5.11 Å². The summed E-state index contributed by atoms with van der Waals surface area (Å²) in [4.78, 5) is 0. The van der Waals surface area contributed by atoms with Crippen LogP contribution in [0.1, 0.15) is 13.3 Å². The molecule has 1 atom stereocenters. The van der Waals surface area contributed by atoms with Crippen LogP contribution in [0.4, 0.5) is 0 Å². The third-order valence-electron chi connectivity index (χ3n) is 1.69. The summed E-state index contributed by atoms with van der Waals surface area (Å²) in [6.07, 6.45) is 5.71. The molecule has 0 aliphatic heterocycles. The lowest BCUT2D eigenvalue weighted by molar-refractivity contribution is 0.123. The van der Waals surface area contributed by atoms with Crippen molar-refractivity contribution in [3.05, 3.63) is 12.2 Å². The molecule has 0 aliphatic carbocycles. The smallest absolute Gasteiger partial charge is 0.126 e. The van der Waals surface area contributed by atoms with Crippen LogP contribution in [0.2, 0.25) is 25.7 Å². The number of aliphatic hydroxyl groups is 1. The van der Waals surface area contributed by atoms with Crippen molar-refractivity contribution in [3.63, 3.8) is 0 Å². The van der Waals surface area contributed by atoms with E-state index in [1.165, 1.54) is 0 Å². The van der Waals surface area contributed by atoms with Crippen LogP contribution in [0.5, 0.6) is 0 Å². The topological polar surface area (TPSA) is 20.2 Å². The van der Waals surface area contributed by atoms with Crippen LogP contribution in [-0.4, -0.2) is 18.8 Å². The molecule has 0 fully saturated rings. The standard InChI is InChI=1S/C11H20OSi/c1-7-11(3,12)8-10(2)9-13(4,5)6/h1,12H,2,8-9H2,3-6H3/t11-/m1/s1. The van der Waals surface area contributed by atoms with Gasteiger partial charge in [-0.15, -0.1) is 13.0 Å². The summed E-state index contributed by atoms with van der Waals surface area (Å²) >= 11 is 0. The minimum absolute atomic E-state index is 0.522. The predicted molar refractivity (Wildman–Crippen MR) is 61.4 cm³/mol. The minimum Gasteiger partial charge on any atom is -0.378 e. The molecule has 0 rings (SSSR count). The monoisotopic (exact) mass is 196 g/mol. The van der Waals surface area contributed by atoms with E-state index in [-0.39, 0.29) is 0 Å². The van der Waals surface area contributed by atoms with Gasteiger partial charge in [0, 0.05) is 14.5 Å². The molecule has 0 aromatic carbocycles. The van der Waals surface area contributed by atoms with Crippen molar-refractivity contribution in [2.45, 2.75) is 44.6 Å². The highest BCUT2D eigenvalue weighted by Crippen LogP contribution is 2.22. The van der Waals surface area contributed by atoms with Crippen LogP contribution in [0.3, 0.4) is 0 Å². The largest absolute Gasteiger partial charge is 0.378 e. The summed E-state index contributed by atoms with van der Waals surface area (Å²) < 4.78 is 0. The molecule has 1 N–H and O–H groups in total. The first-order valence-corrected chi connectivity index (χ1v) is 8.24. The van der Waals surface area contributed by atoms with Crippen LogP contribution in [0.15, 0.2) is 12.2 Å². The normalized spacial score (nSPS) is 16.0. The Balaban J connectivity index is 4.13. The molecule has 13 heavy (non-hydrogen) atoms. The van der Waals surface area contributed by atoms with Crippen molar-refractivity contribution in [2.75, 3.05) is 0 Å². The highest BCUT2D eigenvalue weighted by molar-refractivity contribution is 6.76. The van der Waals surface area contributed by atoms with Crippen molar-refractivity contribution < 1.29 is 5.11 Å². The fraction of sp³-hybridized carbons (Fsp3) is 0.636. The third kappa shape index (κ3) is 6.62. The van der Waals surface area contributed by atoms with Gasteiger partial charge in [-0.05, 0) is 13.0 Å². The summed E-state index contributed by atoms with van der Waals surface area (Å²) in [6, 6.07) is 1.03. The first-order chi connectivity index (χ1) is 5.66. The molecule has 1 nitrogen and oxygen atoms in total. The molecule has 0 aliphatic rings. The lowest BCUT2D eigenvalue weighted by Crippen LogP contribution is -2.25. The summed E-state index contributed by atoms with van der Waals surface area (Å²) in [5.41, 5.74) is 0.0543. The molecule has 2 heteroatoms. The Morgan fingerprint density at radius 2 is 2.00 bits per heavy atom. The molecule has 0 aromatic rings. The highest BCUT2D eigenvalue weighted by atomic mass is 28.3. The lowest BCUT2D eigenvalue weighted by atomic mass is 9.99. The number of hydrogen-bond acceptors (Lipinski definition) is 1. The van der Waals surface area contributed by atoms with E-state index in [9.17, 15) is 5.11 Å². The Hall–Kier alpha value is -0.523. The number of hydrogen-bond donors (Lipinski definition) is 1. The van der Waals surface area contributed by atoms with Gasteiger partial charge in [0.15, 0.2) is 0 Å². The van der Waals surface area contributed by atoms with Gasteiger partial charge in [0.25, 0.3) is 0 Å². The van der Waals surface area contributed by atoms with E-state index in [2.05, 4.69) is 32.1 Å². The van der Waals surface area contributed by atoms with E-state index in [0.717, 1.165) is 11.6 Å². The molecule has 0 radical (unpaired) electrons. The van der Waals surface area contributed by atoms with Crippen molar-refractivity contribution in [1.82, 2.24) is 0 Å². The fourth-order valence-corrected chi connectivity index (χ4v) is 2.98. The summed E-state index contributed by atoms with van der Waals surface area (Å²) in [6.45, 7) is 12.4. The molecule has 0 unspecified atom stereocenters. The van der Waals surface area contributed by atoms with Gasteiger partial charge in [-0.25, -0.2) is 0 Å². The Labute approximate surface area is 82.9 Å². The Kier molecular flexibility index (Phi) is 3.96. The van der Waals surface area contributed by atoms with Crippen molar-refractivity contribution in [1.29, 1.82) is 0 Å². The van der Waals surface area contributed by atoms with Crippen LogP contribution in [0.25, 0.3) is 0 Å². The second kappa shape index (κ2) is 4.12. The molecule has 0 aromatic heterocycles. The van der Waals surface area contributed by atoms with Crippen molar-refractivity contribution >= 4 is 8.07 Å². The summed E-state index contributed by atoms with van der Waals surface area (Å²) in [7, 11) is -1.11. The summed E-state index contributed by atoms with van der Waals surface area (Å²) in [5.74, 6) is 2.37. The maximum atomic E-state index is 9.61. The molecule has 0 spiro atoms. The SMILES string of the molecule is C#C[C@@](C)(O)CC(=C)C[Si](C)(C)C. The van der Waals surface area contributed by atoms with E-state index in [0.29, 0.717) is 6.42 Å². The molecular weight excluding hydrogens is 176 g/mol. The Morgan fingerprint density at radius 3 is 2.31 bits per heavy atom. The molecule has 0 saturated carbocycles. The Bertz CT molecular complexity index is 227. The van der Waals surface area contributed by atoms with Gasteiger partial charge in [0.1, 0.15) is 5.60 Å². The second-order valence-corrected chi connectivity index (χ2v) is 10.6. The van der Waals surface area contributed by atoms with E-state index in [4.69, 9.17) is 6.42 Å². The number of rotatable bonds is 4. The van der Waals surface area contributed by atoms with Gasteiger partial charge in [-0.2, -0.15) is 0 Å². The van der Waals surface area contributed by atoms with Crippen molar-refractivity contribution in [3.8, 4) is 12.3 Å². The van der Waals surface area contributed by atoms with Crippen LogP contribution >= 0.6 is 0 Å². The molecular formula is C11H20OSi. The predicted octanol–water partition coefficient (Wildman–Crippen LogP) is 2.66. The van der Waals surface area contributed by atoms with E-state index in [1.807, 2.05) is 0 Å². The maximum absolute atomic E-state index is 9.61. The fourth-order valence-electron chi connectivity index (χ4n) is 1.35. The Morgan fingerprint density at radius 1 is 1.54 bits per heavy atom. The van der Waals surface area contributed by atoms with E-state index >= 15 is 0 Å². The van der Waals surface area contributed by atoms with Gasteiger partial charge >= 0.3 is 0 Å². The average molecular weight is 196 g/mol. The highest BCUT2D eigenvalue weighted by Gasteiger charge is 2.21. The lowest BCUT2D eigenvalue weighted by Gasteiger charge is -2.22. The quantitative estimate of drug-likeness (QED) is 0.416. The maximum Gasteiger partial charge on any atom is 0.126 e. The zero-order valence-corrected chi connectivity index (χ0v) is 10.1. The first-order valence-electron chi connectivity index (χ1n) is 4.53. The molecule has 0 saturated heterocycles. The third-order valence-corrected chi connectivity index (χ3v) is 3.25. The van der Waals surface area contributed by atoms with E-state index < -0.39 is 13.7 Å². The molecule has 74 valence electrons. The van der Waals surface area contributed by atoms with Gasteiger partial charge in [-0.3, -0.25) is 0 Å². The van der Waals surface area contributed by atoms with Crippen molar-refractivity contribution in [2.24, 2.45) is 0 Å². The minimum atomic E-state index is -1.11. The summed E-state index contributed by atoms with van der Waals surface area (Å²) in [5, 5.41) is 9.61. The number of terminal acetylenes is 1. The zero-order valence-electron chi connectivity index (χ0n) is 9.15. The van der Waals surface area contributed by atoms with Crippen LogP contribution < -0.4 is 0 Å². The molecule has 0 heterocycles. The van der Waals surface area contributed by atoms with Gasteiger partial charge in [-0.1, -0.05) is 31.1 Å². The van der Waals surface area contributed by atoms with Gasteiger partial charge in [0.2, 0.25) is 0 Å². The van der Waals surface area contributed by atoms with Crippen LogP contribution in [-0.2, 0) is 0 Å². The molecule has 0 bridgehead atoms. The average Bonchev–Trinajstić information content (AvgIpc) is 1.81. The van der Waals surface area contributed by atoms with E-state index in [1.54, 1.807) is 6.92 Å². The first kappa shape index (κ1) is 12.5. The molecule has 0 amide bonds. The zero-order chi connectivity index (χ0) is 10.7. The second-order valence-electron chi connectivity index (χ2n) is 5.08. The van der Waals surface area contributed by atoms with Gasteiger partial charge in [0.05, 0.1) is 0 Å². The van der Waals surface area contributed by atoms with Crippen LogP contribution in [0, 0.1) is 12.3 Å².